The van der Waals surface area contributed by atoms with Crippen molar-refractivity contribution in [3.05, 3.63) is 72.9 Å². The Kier molecular flexibility index (Phi) is 42.3. The predicted octanol–water partition coefficient (Wildman–Crippen LogP) is 12.9. The van der Waals surface area contributed by atoms with Gasteiger partial charge in [-0.1, -0.05) is 189 Å². The topological polar surface area (TPSA) is 169 Å². The maximum absolute atomic E-state index is 12.3. The number of rotatable bonds is 44. The van der Waals surface area contributed by atoms with Crippen molar-refractivity contribution in [3.8, 4) is 0 Å². The van der Waals surface area contributed by atoms with Crippen LogP contribution in [-0.2, 0) is 32.7 Å². The number of unbranched alkanes of at least 4 members (excludes halogenated alkanes) is 18. The predicted molar refractivity (Wildman–Crippen MR) is 254 cm³/mol. The number of aliphatic hydroxyl groups excluding tert-OH is 1. The van der Waals surface area contributed by atoms with E-state index in [1.165, 1.54) is 70.6 Å². The molecule has 0 spiro atoms. The highest BCUT2D eigenvalue weighted by atomic mass is 31.2. The lowest BCUT2D eigenvalue weighted by Crippen LogP contribution is -2.43. The van der Waals surface area contributed by atoms with Crippen LogP contribution in [0.3, 0.4) is 0 Å². The third-order valence-corrected chi connectivity index (χ3v) is 11.0. The Balaban J connectivity index is 3.94. The number of hydrogen-bond acceptors (Lipinski definition) is 8. The molecule has 0 aliphatic heterocycles. The first-order valence-corrected chi connectivity index (χ1v) is 25.5. The van der Waals surface area contributed by atoms with Crippen molar-refractivity contribution in [1.29, 1.82) is 0 Å². The van der Waals surface area contributed by atoms with Crippen molar-refractivity contribution >= 4 is 25.7 Å². The van der Waals surface area contributed by atoms with Gasteiger partial charge in [-0.3, -0.25) is 18.6 Å². The van der Waals surface area contributed by atoms with E-state index in [1.807, 2.05) is 0 Å². The highest BCUT2D eigenvalue weighted by molar-refractivity contribution is 7.47. The highest BCUT2D eigenvalue weighted by Crippen LogP contribution is 2.43. The number of carboxylic acids is 1. The summed E-state index contributed by atoms with van der Waals surface area (Å²) in [6.45, 7) is 2.47. The number of hydrogen-bond donors (Lipinski definition) is 4. The zero-order valence-electron chi connectivity index (χ0n) is 38.6. The van der Waals surface area contributed by atoms with Gasteiger partial charge in [-0.05, 0) is 64.2 Å². The Morgan fingerprint density at radius 3 is 1.40 bits per heavy atom. The van der Waals surface area contributed by atoms with Gasteiger partial charge < -0.3 is 25.2 Å². The van der Waals surface area contributed by atoms with Gasteiger partial charge in [0.25, 0.3) is 0 Å². The van der Waals surface area contributed by atoms with E-state index in [0.717, 1.165) is 83.5 Å². The van der Waals surface area contributed by atoms with E-state index >= 15 is 0 Å². The summed E-state index contributed by atoms with van der Waals surface area (Å²) in [5.41, 5.74) is 0. The fourth-order valence-electron chi connectivity index (χ4n) is 6.32. The summed E-state index contributed by atoms with van der Waals surface area (Å²) in [5.74, 6) is -2.41. The molecule has 0 fully saturated rings. The zero-order chi connectivity index (χ0) is 45.6. The fourth-order valence-corrected chi connectivity index (χ4v) is 7.09. The molecule has 1 amide bonds. The van der Waals surface area contributed by atoms with Crippen LogP contribution in [-0.4, -0.2) is 64.9 Å². The fraction of sp³-hybridized carbons (Fsp3) is 0.700. The van der Waals surface area contributed by atoms with E-state index in [0.29, 0.717) is 12.8 Å². The van der Waals surface area contributed by atoms with Crippen LogP contribution >= 0.6 is 7.82 Å². The number of aliphatic carboxylic acids is 1. The Morgan fingerprint density at radius 2 is 0.935 bits per heavy atom. The van der Waals surface area contributed by atoms with E-state index < -0.39 is 57.6 Å². The summed E-state index contributed by atoms with van der Waals surface area (Å²) in [6.07, 6.45) is 53.5. The van der Waals surface area contributed by atoms with Gasteiger partial charge in [0.2, 0.25) is 5.91 Å². The summed E-state index contributed by atoms with van der Waals surface area (Å²) in [6, 6.07) is -1.56. The van der Waals surface area contributed by atoms with Crippen molar-refractivity contribution in [1.82, 2.24) is 5.32 Å². The Bertz CT molecular complexity index is 1320. The summed E-state index contributed by atoms with van der Waals surface area (Å²) in [7, 11) is -4.77. The van der Waals surface area contributed by atoms with Crippen LogP contribution in [0.5, 0.6) is 0 Å². The number of allylic oxidation sites excluding steroid dienone is 12. The highest BCUT2D eigenvalue weighted by Gasteiger charge is 2.28. The molecule has 0 saturated carbocycles. The van der Waals surface area contributed by atoms with E-state index in [2.05, 4.69) is 92.1 Å². The number of amides is 1. The van der Waals surface area contributed by atoms with Gasteiger partial charge in [0.15, 0.2) is 6.04 Å². The molecule has 0 saturated heterocycles. The SMILES string of the molecule is CC/C=C\C/C=C\C/C=C\C/C=C\C/C=C\C/C=C\CCCCCCC(=O)NC(COP(=O)(O)OCC(O)COC(=O)CCCCCCCCCCCCCCCCC)C(=O)O. The largest absolute Gasteiger partial charge is 0.480 e. The van der Waals surface area contributed by atoms with Gasteiger partial charge in [0.05, 0.1) is 13.2 Å². The molecule has 12 heteroatoms. The number of carbonyl (C=O) groups is 3. The molecule has 0 bridgehead atoms. The van der Waals surface area contributed by atoms with E-state index in [1.54, 1.807) is 0 Å². The van der Waals surface area contributed by atoms with Crippen LogP contribution in [0.4, 0.5) is 0 Å². The molecule has 3 atom stereocenters. The summed E-state index contributed by atoms with van der Waals surface area (Å²) < 4.78 is 26.9. The smallest absolute Gasteiger partial charge is 0.472 e. The molecular formula is C50H86NO10P. The standard InChI is InChI=1S/C50H86NO10P/c1-3-5-7-9-11-13-15-17-19-20-21-22-23-24-25-26-28-29-31-33-35-37-39-41-48(53)51-47(50(55)56)45-61-62(57,58)60-44-46(52)43-59-49(54)42-40-38-36-34-32-30-27-18-16-14-12-10-8-6-4-2/h5,7,11,13,17,19,21-22,24-25,28-29,46-47,52H,3-4,6,8-10,12,14-16,18,20,23,26-27,30-45H2,1-2H3,(H,51,53)(H,55,56)(H,57,58)/b7-5-,13-11-,19-17-,22-21-,25-24-,29-28-. The summed E-state index contributed by atoms with van der Waals surface area (Å²) >= 11 is 0. The Morgan fingerprint density at radius 1 is 0.532 bits per heavy atom. The maximum atomic E-state index is 12.3. The number of aliphatic hydroxyl groups is 1. The second-order valence-electron chi connectivity index (χ2n) is 15.9. The molecule has 3 unspecified atom stereocenters. The van der Waals surface area contributed by atoms with Gasteiger partial charge in [0, 0.05) is 12.8 Å². The number of nitrogens with one attached hydrogen (secondary N) is 1. The van der Waals surface area contributed by atoms with Crippen molar-refractivity contribution in [2.24, 2.45) is 0 Å². The number of esters is 1. The monoisotopic (exact) mass is 892 g/mol. The van der Waals surface area contributed by atoms with Crippen molar-refractivity contribution in [2.45, 2.75) is 206 Å². The van der Waals surface area contributed by atoms with Crippen LogP contribution in [0, 0.1) is 0 Å². The van der Waals surface area contributed by atoms with Crippen molar-refractivity contribution in [3.63, 3.8) is 0 Å². The number of ether oxygens (including phenoxy) is 1. The third kappa shape index (κ3) is 43.6. The van der Waals surface area contributed by atoms with Crippen LogP contribution in [0.1, 0.15) is 194 Å². The van der Waals surface area contributed by atoms with Gasteiger partial charge in [0.1, 0.15) is 12.7 Å². The van der Waals surface area contributed by atoms with Crippen LogP contribution in [0.2, 0.25) is 0 Å². The molecule has 0 aliphatic carbocycles. The molecule has 4 N–H and O–H groups in total. The van der Waals surface area contributed by atoms with Gasteiger partial charge in [-0.25, -0.2) is 9.36 Å². The molecule has 0 aromatic carbocycles. The molecule has 62 heavy (non-hydrogen) atoms. The Hall–Kier alpha value is -3.08. The van der Waals surface area contributed by atoms with Gasteiger partial charge in [-0.2, -0.15) is 0 Å². The average Bonchev–Trinajstić information content (AvgIpc) is 3.25. The molecule has 0 aliphatic rings. The zero-order valence-corrected chi connectivity index (χ0v) is 39.5. The van der Waals surface area contributed by atoms with E-state index in [4.69, 9.17) is 13.8 Å². The minimum absolute atomic E-state index is 0.112. The lowest BCUT2D eigenvalue weighted by molar-refractivity contribution is -0.147. The molecule has 0 rings (SSSR count). The molecule has 0 radical (unpaired) electrons. The lowest BCUT2D eigenvalue weighted by Gasteiger charge is -2.18. The number of carboxylic acid groups (broad SMARTS) is 1. The van der Waals surface area contributed by atoms with Gasteiger partial charge in [-0.15, -0.1) is 0 Å². The first-order valence-electron chi connectivity index (χ1n) is 24.0. The molecular weight excluding hydrogens is 806 g/mol. The minimum atomic E-state index is -4.77. The number of carbonyl (C=O) groups excluding carboxylic acids is 2. The van der Waals surface area contributed by atoms with Crippen molar-refractivity contribution < 1.29 is 47.8 Å². The maximum Gasteiger partial charge on any atom is 0.472 e. The Labute approximate surface area is 376 Å². The molecule has 0 aromatic rings. The molecule has 0 heterocycles. The number of phosphoric ester groups is 1. The van der Waals surface area contributed by atoms with E-state index in [-0.39, 0.29) is 12.8 Å². The lowest BCUT2D eigenvalue weighted by atomic mass is 10.0. The van der Waals surface area contributed by atoms with Crippen LogP contribution in [0.25, 0.3) is 0 Å². The van der Waals surface area contributed by atoms with Crippen LogP contribution < -0.4 is 5.32 Å². The first kappa shape index (κ1) is 58.9. The van der Waals surface area contributed by atoms with Gasteiger partial charge >= 0.3 is 19.8 Å². The van der Waals surface area contributed by atoms with E-state index in [9.17, 15) is 34.1 Å². The quantitative estimate of drug-likeness (QED) is 0.0200. The molecule has 11 nitrogen and oxygen atoms in total. The first-order chi connectivity index (χ1) is 30.1. The molecule has 356 valence electrons. The normalized spacial score (nSPS) is 14.3. The second kappa shape index (κ2) is 44.5. The number of phosphoric acid groups is 1. The molecule has 0 aromatic heterocycles. The minimum Gasteiger partial charge on any atom is -0.480 e. The summed E-state index contributed by atoms with van der Waals surface area (Å²) in [4.78, 5) is 46.0. The van der Waals surface area contributed by atoms with Crippen LogP contribution in [0.15, 0.2) is 72.9 Å². The average molecular weight is 892 g/mol. The van der Waals surface area contributed by atoms with Crippen molar-refractivity contribution in [2.75, 3.05) is 19.8 Å². The second-order valence-corrected chi connectivity index (χ2v) is 17.4. The summed E-state index contributed by atoms with van der Waals surface area (Å²) in [5, 5.41) is 21.9. The third-order valence-electron chi connectivity index (χ3n) is 10.0.